The number of benzene rings is 9. The lowest BCUT2D eigenvalue weighted by atomic mass is 9.95. The number of nitrogens with zero attached hydrogens (tertiary/aromatic N) is 3. The predicted octanol–water partition coefficient (Wildman–Crippen LogP) is 14.8. The highest BCUT2D eigenvalue weighted by molar-refractivity contribution is 6.19. The van der Waals surface area contributed by atoms with Crippen LogP contribution in [0.5, 0.6) is 0 Å². The van der Waals surface area contributed by atoms with E-state index in [-0.39, 0.29) is 0 Å². The maximum Gasteiger partial charge on any atom is 0.136 e. The number of pyridine rings is 1. The van der Waals surface area contributed by atoms with Gasteiger partial charge in [-0.1, -0.05) is 127 Å². The summed E-state index contributed by atoms with van der Waals surface area (Å²) in [4.78, 5) is 5.37. The second kappa shape index (κ2) is 12.3. The fourth-order valence-corrected chi connectivity index (χ4v) is 9.66. The Hall–Kier alpha value is -7.95. The summed E-state index contributed by atoms with van der Waals surface area (Å²) in [5, 5.41) is 10.5. The van der Waals surface area contributed by atoms with Gasteiger partial charge in [0.15, 0.2) is 0 Å². The minimum atomic E-state index is 0.864. The van der Waals surface area contributed by atoms with Crippen LogP contribution in [-0.2, 0) is 0 Å². The van der Waals surface area contributed by atoms with Crippen LogP contribution < -0.4 is 0 Å². The number of aromatic nitrogens is 3. The zero-order valence-electron chi connectivity index (χ0n) is 31.8. The van der Waals surface area contributed by atoms with Crippen molar-refractivity contribution < 1.29 is 4.42 Å². The first-order valence-electron chi connectivity index (χ1n) is 20.1. The van der Waals surface area contributed by atoms with Gasteiger partial charge in [0, 0.05) is 60.0 Å². The predicted molar refractivity (Wildman–Crippen MR) is 246 cm³/mol. The molecule has 0 bridgehead atoms. The van der Waals surface area contributed by atoms with Gasteiger partial charge in [0.05, 0.1) is 33.3 Å². The molecular formula is C55H33N3O. The van der Waals surface area contributed by atoms with Crippen molar-refractivity contribution in [2.75, 3.05) is 0 Å². The van der Waals surface area contributed by atoms with E-state index in [1.54, 1.807) is 0 Å². The summed E-state index contributed by atoms with van der Waals surface area (Å²) in [5.74, 6) is 0. The maximum atomic E-state index is 6.44. The molecule has 4 heterocycles. The molecule has 4 heteroatoms. The fraction of sp³-hybridized carbons (Fsp3) is 0. The van der Waals surface area contributed by atoms with Crippen LogP contribution in [0.3, 0.4) is 0 Å². The molecule has 0 saturated heterocycles. The van der Waals surface area contributed by atoms with Gasteiger partial charge in [0.1, 0.15) is 11.2 Å². The molecule has 0 aliphatic rings. The summed E-state index contributed by atoms with van der Waals surface area (Å²) in [7, 11) is 0. The number of hydrogen-bond donors (Lipinski definition) is 0. The molecule has 0 radical (unpaired) electrons. The van der Waals surface area contributed by atoms with Crippen LogP contribution in [0.15, 0.2) is 205 Å². The average Bonchev–Trinajstić information content (AvgIpc) is 3.95. The Labute approximate surface area is 338 Å². The standard InChI is InChI=1S/C55H33N3O/c1-7-22-48-39(16-1)45-32-46-44-21-6-12-27-53(44)59-54(46)33-47(45)55(56-48)35-15-13-14-34(28-35)36-29-37(57-49-23-8-2-17-40(49)41-18-3-9-24-50(41)57)31-38(30-36)58-51-25-10-4-19-42(51)43-20-5-11-26-52(43)58/h1-33H. The first-order chi connectivity index (χ1) is 29.2. The number of rotatable bonds is 4. The van der Waals surface area contributed by atoms with Crippen LogP contribution in [0.2, 0.25) is 0 Å². The summed E-state index contributed by atoms with van der Waals surface area (Å²) in [6, 6.07) is 72.1. The van der Waals surface area contributed by atoms with Crippen molar-refractivity contribution in [3.63, 3.8) is 0 Å². The lowest BCUT2D eigenvalue weighted by molar-refractivity contribution is 0.669. The Bertz CT molecular complexity index is 3620. The van der Waals surface area contributed by atoms with E-state index in [9.17, 15) is 0 Å². The molecule has 13 rings (SSSR count). The number of furan rings is 1. The SMILES string of the molecule is c1cc(-c2cc(-n3c4ccccc4c4ccccc43)cc(-n3c4ccccc4c4ccccc43)c2)cc(-c2nc3ccccc3c3cc4c(cc23)oc2ccccc24)c1. The molecule has 274 valence electrons. The molecule has 4 aromatic heterocycles. The van der Waals surface area contributed by atoms with Gasteiger partial charge in [-0.25, -0.2) is 4.98 Å². The van der Waals surface area contributed by atoms with Gasteiger partial charge in [0.25, 0.3) is 0 Å². The van der Waals surface area contributed by atoms with Crippen molar-refractivity contribution in [1.29, 1.82) is 0 Å². The average molecular weight is 752 g/mol. The topological polar surface area (TPSA) is 35.9 Å². The molecule has 0 spiro atoms. The molecule has 0 fully saturated rings. The number of para-hydroxylation sites is 6. The monoisotopic (exact) mass is 751 g/mol. The Morgan fingerprint density at radius 2 is 0.814 bits per heavy atom. The molecule has 0 amide bonds. The summed E-state index contributed by atoms with van der Waals surface area (Å²) >= 11 is 0. The van der Waals surface area contributed by atoms with Crippen LogP contribution >= 0.6 is 0 Å². The molecule has 0 saturated carbocycles. The summed E-state index contributed by atoms with van der Waals surface area (Å²) < 4.78 is 11.3. The molecule has 59 heavy (non-hydrogen) atoms. The van der Waals surface area contributed by atoms with Crippen LogP contribution in [0, 0.1) is 0 Å². The Morgan fingerprint density at radius 1 is 0.305 bits per heavy atom. The Balaban J connectivity index is 1.08. The second-order valence-electron chi connectivity index (χ2n) is 15.5. The maximum absolute atomic E-state index is 6.44. The Kier molecular flexibility index (Phi) is 6.69. The number of fused-ring (bicyclic) bond motifs is 12. The van der Waals surface area contributed by atoms with Crippen LogP contribution in [0.4, 0.5) is 0 Å². The first kappa shape index (κ1) is 32.2. The first-order valence-corrected chi connectivity index (χ1v) is 20.1. The Morgan fingerprint density at radius 3 is 1.42 bits per heavy atom. The summed E-state index contributed by atoms with van der Waals surface area (Å²) in [6.07, 6.45) is 0. The molecule has 9 aromatic carbocycles. The zero-order chi connectivity index (χ0) is 38.6. The van der Waals surface area contributed by atoms with E-state index in [1.165, 1.54) is 43.6 Å². The van der Waals surface area contributed by atoms with Gasteiger partial charge < -0.3 is 13.6 Å². The van der Waals surface area contributed by atoms with E-state index in [0.29, 0.717) is 0 Å². The highest BCUT2D eigenvalue weighted by Crippen LogP contribution is 2.41. The van der Waals surface area contributed by atoms with Crippen LogP contribution in [-0.4, -0.2) is 14.1 Å². The highest BCUT2D eigenvalue weighted by Gasteiger charge is 2.19. The number of hydrogen-bond acceptors (Lipinski definition) is 2. The van der Waals surface area contributed by atoms with Gasteiger partial charge in [0.2, 0.25) is 0 Å². The molecular weight excluding hydrogens is 719 g/mol. The molecule has 0 unspecified atom stereocenters. The summed E-state index contributed by atoms with van der Waals surface area (Å²) in [6.45, 7) is 0. The smallest absolute Gasteiger partial charge is 0.136 e. The third kappa shape index (κ3) is 4.75. The van der Waals surface area contributed by atoms with E-state index < -0.39 is 0 Å². The van der Waals surface area contributed by atoms with Gasteiger partial charge in [-0.05, 0) is 89.3 Å². The molecule has 4 nitrogen and oxygen atoms in total. The third-order valence-electron chi connectivity index (χ3n) is 12.2. The van der Waals surface area contributed by atoms with Crippen molar-refractivity contribution in [3.8, 4) is 33.8 Å². The van der Waals surface area contributed by atoms with E-state index in [2.05, 4.69) is 197 Å². The van der Waals surface area contributed by atoms with Crippen molar-refractivity contribution in [2.24, 2.45) is 0 Å². The van der Waals surface area contributed by atoms with Gasteiger partial charge in [-0.2, -0.15) is 0 Å². The molecule has 0 aliphatic carbocycles. The molecule has 0 atom stereocenters. The minimum absolute atomic E-state index is 0.864. The van der Waals surface area contributed by atoms with Crippen molar-refractivity contribution in [3.05, 3.63) is 200 Å². The highest BCUT2D eigenvalue weighted by atomic mass is 16.3. The van der Waals surface area contributed by atoms with Crippen LogP contribution in [0.25, 0.3) is 121 Å². The largest absolute Gasteiger partial charge is 0.456 e. The lowest BCUT2D eigenvalue weighted by Gasteiger charge is -2.16. The van der Waals surface area contributed by atoms with E-state index in [1.807, 2.05) is 12.1 Å². The third-order valence-corrected chi connectivity index (χ3v) is 12.2. The van der Waals surface area contributed by atoms with Gasteiger partial charge in [-0.3, -0.25) is 0 Å². The van der Waals surface area contributed by atoms with Crippen molar-refractivity contribution in [1.82, 2.24) is 14.1 Å². The normalized spacial score (nSPS) is 12.1. The van der Waals surface area contributed by atoms with E-state index in [0.717, 1.165) is 77.4 Å². The lowest BCUT2D eigenvalue weighted by Crippen LogP contribution is -2.00. The molecule has 0 aliphatic heterocycles. The molecule has 13 aromatic rings. The van der Waals surface area contributed by atoms with Gasteiger partial charge >= 0.3 is 0 Å². The quantitative estimate of drug-likeness (QED) is 0.168. The minimum Gasteiger partial charge on any atom is -0.456 e. The van der Waals surface area contributed by atoms with Crippen molar-refractivity contribution in [2.45, 2.75) is 0 Å². The zero-order valence-corrected chi connectivity index (χ0v) is 31.8. The second-order valence-corrected chi connectivity index (χ2v) is 15.5. The van der Waals surface area contributed by atoms with Gasteiger partial charge in [-0.15, -0.1) is 0 Å². The fourth-order valence-electron chi connectivity index (χ4n) is 9.66. The summed E-state index contributed by atoms with van der Waals surface area (Å²) in [5.41, 5.74) is 13.8. The van der Waals surface area contributed by atoms with Crippen LogP contribution in [0.1, 0.15) is 0 Å². The van der Waals surface area contributed by atoms with Crippen molar-refractivity contribution >= 4 is 87.2 Å². The van der Waals surface area contributed by atoms with E-state index >= 15 is 0 Å². The molecule has 0 N–H and O–H groups in total. The van der Waals surface area contributed by atoms with E-state index in [4.69, 9.17) is 9.40 Å².